The Bertz CT molecular complexity index is 1040. The van der Waals surface area contributed by atoms with Gasteiger partial charge in [-0.2, -0.15) is 0 Å². The van der Waals surface area contributed by atoms with Gasteiger partial charge in [-0.25, -0.2) is 4.79 Å². The van der Waals surface area contributed by atoms with Gasteiger partial charge in [-0.1, -0.05) is 6.07 Å². The standard InChI is InChI=1S/C21H19NO7/c1-11(23)17-18(15-8-7-14(28-2)10-16(15)29-3)22(20(25)19(17)24)13-6-4-5-12(9-13)21(26)27/h4-10,18,24H,1-3H3,(H,26,27)/t18-/m0/s1. The Balaban J connectivity index is 2.24. The van der Waals surface area contributed by atoms with Crippen LogP contribution in [0.1, 0.15) is 28.9 Å². The molecular formula is C21H19NO7. The number of carbonyl (C=O) groups is 3. The Morgan fingerprint density at radius 2 is 1.79 bits per heavy atom. The lowest BCUT2D eigenvalue weighted by Crippen LogP contribution is -2.31. The molecular weight excluding hydrogens is 378 g/mol. The van der Waals surface area contributed by atoms with Crippen LogP contribution < -0.4 is 14.4 Å². The van der Waals surface area contributed by atoms with Crippen LogP contribution in [0.3, 0.4) is 0 Å². The number of hydrogen-bond acceptors (Lipinski definition) is 6. The molecule has 0 saturated heterocycles. The van der Waals surface area contributed by atoms with E-state index in [9.17, 15) is 24.6 Å². The summed E-state index contributed by atoms with van der Waals surface area (Å²) in [5, 5.41) is 19.7. The summed E-state index contributed by atoms with van der Waals surface area (Å²) in [4.78, 5) is 37.7. The van der Waals surface area contributed by atoms with E-state index in [1.54, 1.807) is 18.2 Å². The minimum absolute atomic E-state index is 0.0356. The molecule has 1 atom stereocenters. The topological polar surface area (TPSA) is 113 Å². The highest BCUT2D eigenvalue weighted by Crippen LogP contribution is 2.44. The van der Waals surface area contributed by atoms with E-state index in [0.717, 1.165) is 0 Å². The molecule has 1 aliphatic rings. The first-order chi connectivity index (χ1) is 13.8. The number of methoxy groups -OCH3 is 2. The molecule has 2 aromatic rings. The zero-order valence-corrected chi connectivity index (χ0v) is 16.0. The lowest BCUT2D eigenvalue weighted by molar-refractivity contribution is -0.117. The van der Waals surface area contributed by atoms with Crippen LogP contribution >= 0.6 is 0 Å². The summed E-state index contributed by atoms with van der Waals surface area (Å²) in [6.45, 7) is 1.25. The fourth-order valence-electron chi connectivity index (χ4n) is 3.36. The summed E-state index contributed by atoms with van der Waals surface area (Å²) in [6.07, 6.45) is 0. The smallest absolute Gasteiger partial charge is 0.335 e. The third kappa shape index (κ3) is 3.40. The third-order valence-corrected chi connectivity index (χ3v) is 4.69. The fourth-order valence-corrected chi connectivity index (χ4v) is 3.36. The van der Waals surface area contributed by atoms with E-state index in [4.69, 9.17) is 9.47 Å². The Labute approximate surface area is 166 Å². The quantitative estimate of drug-likeness (QED) is 0.770. The highest BCUT2D eigenvalue weighted by atomic mass is 16.5. The van der Waals surface area contributed by atoms with Gasteiger partial charge in [0.1, 0.15) is 11.5 Å². The van der Waals surface area contributed by atoms with Crippen molar-refractivity contribution >= 4 is 23.3 Å². The number of carboxylic acid groups (broad SMARTS) is 1. The second-order valence-electron chi connectivity index (χ2n) is 6.36. The minimum atomic E-state index is -1.17. The molecule has 1 aliphatic heterocycles. The maximum atomic E-state index is 12.9. The van der Waals surface area contributed by atoms with Gasteiger partial charge in [0.2, 0.25) is 0 Å². The maximum Gasteiger partial charge on any atom is 0.335 e. The first-order valence-corrected chi connectivity index (χ1v) is 8.63. The number of hydrogen-bond donors (Lipinski definition) is 2. The molecule has 29 heavy (non-hydrogen) atoms. The number of aliphatic hydroxyl groups is 1. The molecule has 3 rings (SSSR count). The largest absolute Gasteiger partial charge is 0.503 e. The molecule has 0 aliphatic carbocycles. The second-order valence-corrected chi connectivity index (χ2v) is 6.36. The molecule has 8 nitrogen and oxygen atoms in total. The van der Waals surface area contributed by atoms with Crippen molar-refractivity contribution in [2.75, 3.05) is 19.1 Å². The summed E-state index contributed by atoms with van der Waals surface area (Å²) in [7, 11) is 2.92. The van der Waals surface area contributed by atoms with Gasteiger partial charge in [0, 0.05) is 17.3 Å². The predicted octanol–water partition coefficient (Wildman–Crippen LogP) is 2.89. The van der Waals surface area contributed by atoms with Crippen molar-refractivity contribution in [3.8, 4) is 11.5 Å². The number of nitrogens with zero attached hydrogens (tertiary/aromatic N) is 1. The Kier molecular flexibility index (Phi) is 5.27. The summed E-state index contributed by atoms with van der Waals surface area (Å²) < 4.78 is 10.6. The van der Waals surface area contributed by atoms with Gasteiger partial charge in [-0.15, -0.1) is 0 Å². The minimum Gasteiger partial charge on any atom is -0.503 e. The van der Waals surface area contributed by atoms with Crippen LogP contribution in [0, 0.1) is 0 Å². The number of carbonyl (C=O) groups excluding carboxylic acids is 2. The van der Waals surface area contributed by atoms with E-state index in [2.05, 4.69) is 0 Å². The van der Waals surface area contributed by atoms with Crippen molar-refractivity contribution in [3.63, 3.8) is 0 Å². The molecule has 0 radical (unpaired) electrons. The average Bonchev–Trinajstić information content (AvgIpc) is 2.98. The highest BCUT2D eigenvalue weighted by Gasteiger charge is 2.44. The molecule has 0 saturated carbocycles. The number of carboxylic acids is 1. The molecule has 150 valence electrons. The monoisotopic (exact) mass is 397 g/mol. The fraction of sp³-hybridized carbons (Fsp3) is 0.190. The number of aliphatic hydroxyl groups excluding tert-OH is 1. The maximum absolute atomic E-state index is 12.9. The molecule has 1 heterocycles. The van der Waals surface area contributed by atoms with Gasteiger partial charge >= 0.3 is 5.97 Å². The predicted molar refractivity (Wildman–Crippen MR) is 104 cm³/mol. The Morgan fingerprint density at radius 1 is 1.07 bits per heavy atom. The van der Waals surface area contributed by atoms with Crippen LogP contribution in [0.25, 0.3) is 0 Å². The lowest BCUT2D eigenvalue weighted by atomic mass is 9.95. The van der Waals surface area contributed by atoms with E-state index in [1.807, 2.05) is 0 Å². The van der Waals surface area contributed by atoms with Gasteiger partial charge in [0.05, 0.1) is 31.4 Å². The number of Topliss-reactive ketones (excluding diaryl/α,β-unsaturated/α-hetero) is 1. The van der Waals surface area contributed by atoms with Gasteiger partial charge in [0.15, 0.2) is 11.5 Å². The van der Waals surface area contributed by atoms with E-state index >= 15 is 0 Å². The number of ether oxygens (including phenoxy) is 2. The number of rotatable bonds is 6. The van der Waals surface area contributed by atoms with Crippen molar-refractivity contribution in [3.05, 3.63) is 64.9 Å². The molecule has 2 N–H and O–H groups in total. The van der Waals surface area contributed by atoms with E-state index in [-0.39, 0.29) is 16.8 Å². The van der Waals surface area contributed by atoms with E-state index < -0.39 is 29.5 Å². The second kappa shape index (κ2) is 7.67. The van der Waals surface area contributed by atoms with Crippen LogP contribution in [0.2, 0.25) is 0 Å². The zero-order valence-electron chi connectivity index (χ0n) is 16.0. The number of anilines is 1. The summed E-state index contributed by atoms with van der Waals surface area (Å²) in [5.74, 6) is -2.29. The van der Waals surface area contributed by atoms with Crippen molar-refractivity contribution in [1.82, 2.24) is 0 Å². The highest BCUT2D eigenvalue weighted by molar-refractivity contribution is 6.16. The first kappa shape index (κ1) is 19.9. The lowest BCUT2D eigenvalue weighted by Gasteiger charge is -2.28. The number of benzene rings is 2. The molecule has 0 bridgehead atoms. The molecule has 0 unspecified atom stereocenters. The van der Waals surface area contributed by atoms with Crippen molar-refractivity contribution in [2.24, 2.45) is 0 Å². The van der Waals surface area contributed by atoms with Crippen molar-refractivity contribution < 1.29 is 34.1 Å². The van der Waals surface area contributed by atoms with Gasteiger partial charge < -0.3 is 19.7 Å². The summed E-state index contributed by atoms with van der Waals surface area (Å²) in [6, 6.07) is 9.57. The zero-order chi connectivity index (χ0) is 21.3. The Morgan fingerprint density at radius 3 is 2.38 bits per heavy atom. The average molecular weight is 397 g/mol. The van der Waals surface area contributed by atoms with Crippen LogP contribution in [-0.2, 0) is 9.59 Å². The van der Waals surface area contributed by atoms with Crippen LogP contribution in [0.5, 0.6) is 11.5 Å². The van der Waals surface area contributed by atoms with E-state index in [1.165, 1.54) is 50.3 Å². The summed E-state index contributed by atoms with van der Waals surface area (Å²) in [5.41, 5.74) is 0.530. The number of amides is 1. The van der Waals surface area contributed by atoms with Gasteiger partial charge in [0.25, 0.3) is 5.91 Å². The van der Waals surface area contributed by atoms with Crippen molar-refractivity contribution in [1.29, 1.82) is 0 Å². The Hall–Kier alpha value is -3.81. The van der Waals surface area contributed by atoms with Crippen LogP contribution in [0.15, 0.2) is 53.8 Å². The molecule has 0 fully saturated rings. The van der Waals surface area contributed by atoms with Gasteiger partial charge in [-0.05, 0) is 37.3 Å². The molecule has 0 aromatic heterocycles. The molecule has 0 spiro atoms. The first-order valence-electron chi connectivity index (χ1n) is 8.63. The SMILES string of the molecule is COc1ccc([C@H]2C(C(C)=O)=C(O)C(=O)N2c2cccc(C(=O)O)c2)c(OC)c1. The van der Waals surface area contributed by atoms with E-state index in [0.29, 0.717) is 17.1 Å². The summed E-state index contributed by atoms with van der Waals surface area (Å²) >= 11 is 0. The van der Waals surface area contributed by atoms with Crippen LogP contribution in [0.4, 0.5) is 5.69 Å². The van der Waals surface area contributed by atoms with Gasteiger partial charge in [-0.3, -0.25) is 14.5 Å². The molecule has 1 amide bonds. The van der Waals surface area contributed by atoms with Crippen molar-refractivity contribution in [2.45, 2.75) is 13.0 Å². The molecule has 8 heteroatoms. The third-order valence-electron chi connectivity index (χ3n) is 4.69. The number of aromatic carboxylic acids is 1. The van der Waals surface area contributed by atoms with Crippen LogP contribution in [-0.4, -0.2) is 42.1 Å². The normalized spacial score (nSPS) is 16.2. The number of ketones is 1. The molecule has 2 aromatic carbocycles.